The van der Waals surface area contributed by atoms with Crippen LogP contribution in [0.4, 0.5) is 0 Å². The van der Waals surface area contributed by atoms with E-state index in [4.69, 9.17) is 0 Å². The number of likely N-dealkylation sites (tertiary alicyclic amines) is 1. The molecule has 7 nitrogen and oxygen atoms in total. The van der Waals surface area contributed by atoms with Gasteiger partial charge in [0.25, 0.3) is 0 Å². The van der Waals surface area contributed by atoms with Gasteiger partial charge in [-0.25, -0.2) is 0 Å². The van der Waals surface area contributed by atoms with Gasteiger partial charge in [-0.2, -0.15) is 5.10 Å². The quantitative estimate of drug-likeness (QED) is 0.799. The minimum absolute atomic E-state index is 0. The van der Waals surface area contributed by atoms with E-state index in [2.05, 4.69) is 15.7 Å². The van der Waals surface area contributed by atoms with Crippen molar-refractivity contribution in [3.8, 4) is 0 Å². The van der Waals surface area contributed by atoms with Crippen LogP contribution in [0.5, 0.6) is 0 Å². The van der Waals surface area contributed by atoms with E-state index in [0.29, 0.717) is 19.5 Å². The topological polar surface area (TPSA) is 79.3 Å². The van der Waals surface area contributed by atoms with Crippen molar-refractivity contribution in [2.24, 2.45) is 13.0 Å². The summed E-state index contributed by atoms with van der Waals surface area (Å²) >= 11 is 0. The number of nitrogens with zero attached hydrogens (tertiary/aromatic N) is 3. The van der Waals surface area contributed by atoms with Crippen LogP contribution in [-0.4, -0.2) is 59.2 Å². The molecule has 0 bridgehead atoms. The number of aromatic nitrogens is 2. The fraction of sp³-hybridized carbons (Fsp3) is 0.706. The molecule has 2 atom stereocenters. The standard InChI is InChI=1S/C17H27N5O2.ClH/c1-21-12-13(9-20-21)14-10-18-11-15(14)17(24)19-6-5-16(23)22-7-3-2-4-8-22;/h9,12,14-15,18H,2-8,10-11H2,1H3,(H,19,24);1H/t14-,15+;/m1./s1. The van der Waals surface area contributed by atoms with E-state index in [-0.39, 0.29) is 36.1 Å². The molecular formula is C17H28ClN5O2. The van der Waals surface area contributed by atoms with Crippen LogP contribution < -0.4 is 10.6 Å². The van der Waals surface area contributed by atoms with Gasteiger partial charge in [0, 0.05) is 58.3 Å². The SMILES string of the molecule is Cl.Cn1cc([C@H]2CNC[C@@H]2C(=O)NCCC(=O)N2CCCCC2)cn1. The normalized spacial score (nSPS) is 23.2. The summed E-state index contributed by atoms with van der Waals surface area (Å²) in [6.45, 7) is 3.61. The Labute approximate surface area is 154 Å². The highest BCUT2D eigenvalue weighted by atomic mass is 35.5. The number of piperidine rings is 1. The third-order valence-corrected chi connectivity index (χ3v) is 5.05. The summed E-state index contributed by atoms with van der Waals surface area (Å²) in [6, 6.07) is 0. The smallest absolute Gasteiger partial charge is 0.225 e. The first-order valence-electron chi connectivity index (χ1n) is 8.90. The van der Waals surface area contributed by atoms with E-state index in [1.54, 1.807) is 4.68 Å². The van der Waals surface area contributed by atoms with Crippen LogP contribution >= 0.6 is 12.4 Å². The molecule has 2 fully saturated rings. The number of nitrogens with one attached hydrogen (secondary N) is 2. The Balaban J connectivity index is 0.00000225. The number of carbonyl (C=O) groups is 2. The van der Waals surface area contributed by atoms with Crippen molar-refractivity contribution in [3.05, 3.63) is 18.0 Å². The summed E-state index contributed by atoms with van der Waals surface area (Å²) in [6.07, 6.45) is 7.60. The first-order chi connectivity index (χ1) is 11.6. The largest absolute Gasteiger partial charge is 0.355 e. The van der Waals surface area contributed by atoms with Crippen molar-refractivity contribution in [3.63, 3.8) is 0 Å². The molecule has 0 unspecified atom stereocenters. The van der Waals surface area contributed by atoms with Crippen molar-refractivity contribution >= 4 is 24.2 Å². The molecule has 25 heavy (non-hydrogen) atoms. The molecule has 0 radical (unpaired) electrons. The molecule has 1 aromatic rings. The van der Waals surface area contributed by atoms with E-state index < -0.39 is 0 Å². The lowest BCUT2D eigenvalue weighted by Gasteiger charge is -2.26. The summed E-state index contributed by atoms with van der Waals surface area (Å²) in [5.74, 6) is 0.236. The lowest BCUT2D eigenvalue weighted by Crippen LogP contribution is -2.39. The van der Waals surface area contributed by atoms with Gasteiger partial charge in [0.05, 0.1) is 12.1 Å². The Morgan fingerprint density at radius 1 is 1.28 bits per heavy atom. The summed E-state index contributed by atoms with van der Waals surface area (Å²) in [4.78, 5) is 26.6. The van der Waals surface area contributed by atoms with Crippen LogP contribution in [0.25, 0.3) is 0 Å². The maximum absolute atomic E-state index is 12.5. The first kappa shape index (κ1) is 19.7. The lowest BCUT2D eigenvalue weighted by atomic mass is 9.90. The van der Waals surface area contributed by atoms with Crippen molar-refractivity contribution in [1.82, 2.24) is 25.3 Å². The fourth-order valence-corrected chi connectivity index (χ4v) is 3.66. The molecule has 3 heterocycles. The maximum atomic E-state index is 12.5. The minimum Gasteiger partial charge on any atom is -0.355 e. The van der Waals surface area contributed by atoms with E-state index >= 15 is 0 Å². The monoisotopic (exact) mass is 369 g/mol. The maximum Gasteiger partial charge on any atom is 0.225 e. The van der Waals surface area contributed by atoms with Gasteiger partial charge in [0.1, 0.15) is 0 Å². The molecule has 2 saturated heterocycles. The van der Waals surface area contributed by atoms with Crippen molar-refractivity contribution in [1.29, 1.82) is 0 Å². The van der Waals surface area contributed by atoms with Crippen molar-refractivity contribution in [2.75, 3.05) is 32.7 Å². The van der Waals surface area contributed by atoms with Crippen LogP contribution in [-0.2, 0) is 16.6 Å². The fourth-order valence-electron chi connectivity index (χ4n) is 3.66. The number of hydrogen-bond acceptors (Lipinski definition) is 4. The summed E-state index contributed by atoms with van der Waals surface area (Å²) in [5.41, 5.74) is 1.09. The van der Waals surface area contributed by atoms with E-state index in [0.717, 1.165) is 38.0 Å². The highest BCUT2D eigenvalue weighted by molar-refractivity contribution is 5.85. The van der Waals surface area contributed by atoms with Crippen LogP contribution in [0, 0.1) is 5.92 Å². The molecule has 2 amide bonds. The lowest BCUT2D eigenvalue weighted by molar-refractivity contribution is -0.132. The molecule has 1 aromatic heterocycles. The summed E-state index contributed by atoms with van der Waals surface area (Å²) in [7, 11) is 1.88. The molecule has 2 aliphatic heterocycles. The zero-order valence-electron chi connectivity index (χ0n) is 14.7. The van der Waals surface area contributed by atoms with Gasteiger partial charge in [-0.05, 0) is 24.8 Å². The zero-order chi connectivity index (χ0) is 16.9. The van der Waals surface area contributed by atoms with Crippen LogP contribution in [0.2, 0.25) is 0 Å². The van der Waals surface area contributed by atoms with Crippen LogP contribution in [0.3, 0.4) is 0 Å². The highest BCUT2D eigenvalue weighted by Crippen LogP contribution is 2.27. The second-order valence-electron chi connectivity index (χ2n) is 6.80. The van der Waals surface area contributed by atoms with E-state index in [1.807, 2.05) is 24.3 Å². The van der Waals surface area contributed by atoms with Gasteiger partial charge in [-0.1, -0.05) is 0 Å². The first-order valence-corrected chi connectivity index (χ1v) is 8.90. The Kier molecular flexibility index (Phi) is 7.25. The average Bonchev–Trinajstić information content (AvgIpc) is 3.24. The second-order valence-corrected chi connectivity index (χ2v) is 6.80. The van der Waals surface area contributed by atoms with Gasteiger partial charge in [-0.3, -0.25) is 14.3 Å². The Hall–Kier alpha value is -1.60. The molecule has 8 heteroatoms. The Bertz CT molecular complexity index is 585. The van der Waals surface area contributed by atoms with Gasteiger partial charge in [-0.15, -0.1) is 12.4 Å². The predicted molar refractivity (Wildman–Crippen MR) is 97.6 cm³/mol. The molecule has 0 spiro atoms. The van der Waals surface area contributed by atoms with Gasteiger partial charge < -0.3 is 15.5 Å². The second kappa shape index (κ2) is 9.20. The van der Waals surface area contributed by atoms with E-state index in [9.17, 15) is 9.59 Å². The number of aryl methyl sites for hydroxylation is 1. The zero-order valence-corrected chi connectivity index (χ0v) is 15.6. The summed E-state index contributed by atoms with van der Waals surface area (Å²) in [5, 5.41) is 10.4. The minimum atomic E-state index is -0.0979. The predicted octanol–water partition coefficient (Wildman–Crippen LogP) is 0.664. The van der Waals surface area contributed by atoms with Crippen molar-refractivity contribution in [2.45, 2.75) is 31.6 Å². The number of carbonyl (C=O) groups excluding carboxylic acids is 2. The highest BCUT2D eigenvalue weighted by Gasteiger charge is 2.34. The Morgan fingerprint density at radius 2 is 2.04 bits per heavy atom. The average molecular weight is 370 g/mol. The van der Waals surface area contributed by atoms with Crippen LogP contribution in [0.15, 0.2) is 12.4 Å². The van der Waals surface area contributed by atoms with Gasteiger partial charge >= 0.3 is 0 Å². The third-order valence-electron chi connectivity index (χ3n) is 5.05. The molecule has 0 saturated carbocycles. The van der Waals surface area contributed by atoms with E-state index in [1.165, 1.54) is 6.42 Å². The number of hydrogen-bond donors (Lipinski definition) is 2. The molecule has 2 aliphatic rings. The van der Waals surface area contributed by atoms with Crippen LogP contribution in [0.1, 0.15) is 37.2 Å². The number of amides is 2. The molecular weight excluding hydrogens is 342 g/mol. The molecule has 2 N–H and O–H groups in total. The molecule has 0 aliphatic carbocycles. The molecule has 140 valence electrons. The van der Waals surface area contributed by atoms with Gasteiger partial charge in [0.15, 0.2) is 0 Å². The van der Waals surface area contributed by atoms with Crippen molar-refractivity contribution < 1.29 is 9.59 Å². The number of halogens is 1. The summed E-state index contributed by atoms with van der Waals surface area (Å²) < 4.78 is 1.76. The molecule has 3 rings (SSSR count). The number of rotatable bonds is 5. The Morgan fingerprint density at radius 3 is 2.72 bits per heavy atom. The van der Waals surface area contributed by atoms with Gasteiger partial charge in [0.2, 0.25) is 11.8 Å². The third kappa shape index (κ3) is 4.95. The molecule has 0 aromatic carbocycles.